The van der Waals surface area contributed by atoms with E-state index < -0.39 is 5.91 Å². The molecule has 2 aromatic rings. The van der Waals surface area contributed by atoms with Crippen LogP contribution in [0.25, 0.3) is 0 Å². The van der Waals surface area contributed by atoms with Gasteiger partial charge in [0.15, 0.2) is 0 Å². The number of aromatic nitrogens is 2. The number of hydrogen-bond donors (Lipinski definition) is 3. The van der Waals surface area contributed by atoms with Crippen molar-refractivity contribution in [3.63, 3.8) is 0 Å². The highest BCUT2D eigenvalue weighted by Gasteiger charge is 2.08. The summed E-state index contributed by atoms with van der Waals surface area (Å²) < 4.78 is 0. The van der Waals surface area contributed by atoms with Gasteiger partial charge in [0.2, 0.25) is 0 Å². The molecule has 0 aromatic carbocycles. The molecule has 3 N–H and O–H groups in total. The lowest BCUT2D eigenvalue weighted by molar-refractivity contribution is 0.102. The smallest absolute Gasteiger partial charge is 0.258 e. The van der Waals surface area contributed by atoms with Gasteiger partial charge < -0.3 is 15.5 Å². The lowest BCUT2D eigenvalue weighted by Gasteiger charge is -2.04. The lowest BCUT2D eigenvalue weighted by atomic mass is 10.2. The summed E-state index contributed by atoms with van der Waals surface area (Å²) in [5.41, 5.74) is 0.913. The molecule has 0 radical (unpaired) electrons. The van der Waals surface area contributed by atoms with E-state index in [0.717, 1.165) is 0 Å². The molecular weight excluding hydrogens is 270 g/mol. The number of carbonyl (C=O) groups is 1. The number of anilines is 1. The number of pyridine rings is 2. The average Bonchev–Trinajstić information content (AvgIpc) is 2.48. The Balaban J connectivity index is 2.11. The molecule has 21 heavy (non-hydrogen) atoms. The van der Waals surface area contributed by atoms with Gasteiger partial charge in [0.1, 0.15) is 11.6 Å². The number of carbonyl (C=O) groups excluding carboxylic acids is 1. The second kappa shape index (κ2) is 7.03. The third-order valence-electron chi connectivity index (χ3n) is 2.46. The summed E-state index contributed by atoms with van der Waals surface area (Å²) in [7, 11) is 0. The van der Waals surface area contributed by atoms with Crippen molar-refractivity contribution < 1.29 is 15.0 Å². The van der Waals surface area contributed by atoms with Crippen LogP contribution in [0.5, 0.6) is 5.75 Å². The standard InChI is InChI=1S/C15H13N3O3/c19-6-2-1-3-11-4-5-17-14(7-11)18-15(21)12-8-13(20)10-16-9-12/h4-5,7-10,19-20H,2,6H2,(H,17,18,21). The van der Waals surface area contributed by atoms with Crippen LogP contribution in [0.1, 0.15) is 22.3 Å². The number of amides is 1. The van der Waals surface area contributed by atoms with E-state index in [1.165, 1.54) is 24.7 Å². The predicted octanol–water partition coefficient (Wildman–Crippen LogP) is 1.17. The van der Waals surface area contributed by atoms with Crippen molar-refractivity contribution in [2.45, 2.75) is 6.42 Å². The SMILES string of the molecule is O=C(Nc1cc(C#CCCO)ccn1)c1cncc(O)c1. The molecular formula is C15H13N3O3. The predicted molar refractivity (Wildman–Crippen MR) is 76.7 cm³/mol. The maximum absolute atomic E-state index is 12.0. The van der Waals surface area contributed by atoms with Gasteiger partial charge in [-0.05, 0) is 18.2 Å². The molecule has 0 aliphatic rings. The number of aromatic hydroxyl groups is 1. The highest BCUT2D eigenvalue weighted by atomic mass is 16.3. The average molecular weight is 283 g/mol. The van der Waals surface area contributed by atoms with Crippen molar-refractivity contribution in [2.24, 2.45) is 0 Å². The van der Waals surface area contributed by atoms with E-state index in [-0.39, 0.29) is 17.9 Å². The van der Waals surface area contributed by atoms with E-state index in [9.17, 15) is 9.90 Å². The Bertz CT molecular complexity index is 705. The Morgan fingerprint density at radius 1 is 1.33 bits per heavy atom. The summed E-state index contributed by atoms with van der Waals surface area (Å²) in [4.78, 5) is 19.7. The third kappa shape index (κ3) is 4.30. The Morgan fingerprint density at radius 3 is 2.95 bits per heavy atom. The van der Waals surface area contributed by atoms with E-state index in [1.807, 2.05) is 0 Å². The number of nitrogens with one attached hydrogen (secondary N) is 1. The normalized spacial score (nSPS) is 9.57. The zero-order valence-corrected chi connectivity index (χ0v) is 11.1. The van der Waals surface area contributed by atoms with Crippen LogP contribution in [0.3, 0.4) is 0 Å². The Kier molecular flexibility index (Phi) is 4.85. The second-order valence-corrected chi connectivity index (χ2v) is 4.09. The molecule has 0 atom stereocenters. The molecule has 0 spiro atoms. The van der Waals surface area contributed by atoms with Crippen LogP contribution in [0, 0.1) is 11.8 Å². The molecule has 0 saturated heterocycles. The van der Waals surface area contributed by atoms with Crippen molar-refractivity contribution in [3.05, 3.63) is 47.9 Å². The Labute approximate surface area is 121 Å². The molecule has 6 heteroatoms. The highest BCUT2D eigenvalue weighted by Crippen LogP contribution is 2.11. The number of rotatable bonds is 3. The van der Waals surface area contributed by atoms with Gasteiger partial charge in [-0.1, -0.05) is 11.8 Å². The zero-order valence-electron chi connectivity index (χ0n) is 11.1. The fourth-order valence-corrected chi connectivity index (χ4v) is 1.54. The van der Waals surface area contributed by atoms with Crippen molar-refractivity contribution >= 4 is 11.7 Å². The van der Waals surface area contributed by atoms with Crippen LogP contribution in [0.15, 0.2) is 36.8 Å². The van der Waals surface area contributed by atoms with Crippen LogP contribution < -0.4 is 5.32 Å². The summed E-state index contributed by atoms with van der Waals surface area (Å²) in [6, 6.07) is 4.64. The van der Waals surface area contributed by atoms with Gasteiger partial charge in [0, 0.05) is 24.4 Å². The fraction of sp³-hybridized carbons (Fsp3) is 0.133. The maximum Gasteiger partial charge on any atom is 0.258 e. The molecule has 2 rings (SSSR count). The van der Waals surface area contributed by atoms with Crippen molar-refractivity contribution in [1.29, 1.82) is 0 Å². The summed E-state index contributed by atoms with van der Waals surface area (Å²) in [5.74, 6) is 5.48. The molecule has 0 fully saturated rings. The minimum absolute atomic E-state index is 0.00613. The Hall–Kier alpha value is -2.91. The van der Waals surface area contributed by atoms with Gasteiger partial charge in [-0.15, -0.1) is 0 Å². The van der Waals surface area contributed by atoms with E-state index in [1.54, 1.807) is 12.1 Å². The first-order valence-electron chi connectivity index (χ1n) is 6.20. The Morgan fingerprint density at radius 2 is 2.19 bits per heavy atom. The van der Waals surface area contributed by atoms with Crippen LogP contribution >= 0.6 is 0 Å². The molecule has 6 nitrogen and oxygen atoms in total. The van der Waals surface area contributed by atoms with Gasteiger partial charge in [0.25, 0.3) is 5.91 Å². The topological polar surface area (TPSA) is 95.3 Å². The van der Waals surface area contributed by atoms with Crippen molar-refractivity contribution in [3.8, 4) is 17.6 Å². The van der Waals surface area contributed by atoms with Gasteiger partial charge in [0.05, 0.1) is 18.4 Å². The molecule has 106 valence electrons. The lowest BCUT2D eigenvalue weighted by Crippen LogP contribution is -2.13. The van der Waals surface area contributed by atoms with Crippen molar-refractivity contribution in [1.82, 2.24) is 9.97 Å². The molecule has 0 bridgehead atoms. The van der Waals surface area contributed by atoms with Gasteiger partial charge in [-0.2, -0.15) is 0 Å². The number of aliphatic hydroxyl groups is 1. The molecule has 2 aromatic heterocycles. The number of aliphatic hydroxyl groups excluding tert-OH is 1. The second-order valence-electron chi connectivity index (χ2n) is 4.09. The van der Waals surface area contributed by atoms with E-state index >= 15 is 0 Å². The monoisotopic (exact) mass is 283 g/mol. The van der Waals surface area contributed by atoms with E-state index in [0.29, 0.717) is 17.8 Å². The minimum Gasteiger partial charge on any atom is -0.506 e. The van der Waals surface area contributed by atoms with Crippen LogP contribution in [-0.2, 0) is 0 Å². The largest absolute Gasteiger partial charge is 0.506 e. The molecule has 0 aliphatic heterocycles. The van der Waals surface area contributed by atoms with Gasteiger partial charge in [-0.25, -0.2) is 4.98 Å². The first kappa shape index (κ1) is 14.5. The summed E-state index contributed by atoms with van der Waals surface area (Å²) in [6.45, 7) is 0.00613. The van der Waals surface area contributed by atoms with Crippen molar-refractivity contribution in [2.75, 3.05) is 11.9 Å². The van der Waals surface area contributed by atoms with E-state index in [4.69, 9.17) is 5.11 Å². The molecule has 1 amide bonds. The first-order chi connectivity index (χ1) is 10.2. The number of nitrogens with zero attached hydrogens (tertiary/aromatic N) is 2. The molecule has 2 heterocycles. The molecule has 0 unspecified atom stereocenters. The van der Waals surface area contributed by atoms with Crippen LogP contribution in [-0.4, -0.2) is 32.7 Å². The fourth-order valence-electron chi connectivity index (χ4n) is 1.54. The minimum atomic E-state index is -0.425. The third-order valence-corrected chi connectivity index (χ3v) is 2.46. The highest BCUT2D eigenvalue weighted by molar-refractivity contribution is 6.03. The van der Waals surface area contributed by atoms with Crippen LogP contribution in [0.2, 0.25) is 0 Å². The summed E-state index contributed by atoms with van der Waals surface area (Å²) in [5, 5.41) is 20.6. The first-order valence-corrected chi connectivity index (χ1v) is 6.20. The summed E-state index contributed by atoms with van der Waals surface area (Å²) >= 11 is 0. The van der Waals surface area contributed by atoms with Gasteiger partial charge >= 0.3 is 0 Å². The maximum atomic E-state index is 12.0. The number of hydrogen-bond acceptors (Lipinski definition) is 5. The van der Waals surface area contributed by atoms with Gasteiger partial charge in [-0.3, -0.25) is 9.78 Å². The molecule has 0 aliphatic carbocycles. The quantitative estimate of drug-likeness (QED) is 0.735. The van der Waals surface area contributed by atoms with E-state index in [2.05, 4.69) is 27.1 Å². The molecule has 0 saturated carbocycles. The zero-order chi connectivity index (χ0) is 15.1. The summed E-state index contributed by atoms with van der Waals surface area (Å²) in [6.07, 6.45) is 4.50. The van der Waals surface area contributed by atoms with Crippen LogP contribution in [0.4, 0.5) is 5.82 Å².